The van der Waals surface area contributed by atoms with Crippen LogP contribution in [-0.2, 0) is 0 Å². The van der Waals surface area contributed by atoms with Crippen LogP contribution in [0, 0.1) is 5.92 Å². The molecule has 1 rings (SSSR count). The Morgan fingerprint density at radius 1 is 1.16 bits per heavy atom. The highest BCUT2D eigenvalue weighted by molar-refractivity contribution is 5.29. The molecule has 1 aromatic rings. The van der Waals surface area contributed by atoms with E-state index in [0.29, 0.717) is 18.6 Å². The summed E-state index contributed by atoms with van der Waals surface area (Å²) in [7, 11) is 0. The van der Waals surface area contributed by atoms with Crippen LogP contribution >= 0.6 is 0 Å². The molecule has 1 atom stereocenters. The van der Waals surface area contributed by atoms with Gasteiger partial charge in [0.05, 0.1) is 12.5 Å². The van der Waals surface area contributed by atoms with Crippen LogP contribution < -0.4 is 4.74 Å². The summed E-state index contributed by atoms with van der Waals surface area (Å²) in [5.74, 6) is -0.551. The number of phenols is 1. The Kier molecular flexibility index (Phi) is 5.99. The molecule has 0 aliphatic heterocycles. The van der Waals surface area contributed by atoms with Gasteiger partial charge in [-0.25, -0.2) is 0 Å². The number of rotatable bonds is 7. The van der Waals surface area contributed by atoms with Gasteiger partial charge < -0.3 is 9.84 Å². The first-order valence-corrected chi connectivity index (χ1v) is 6.42. The minimum atomic E-state index is -4.12. The van der Waals surface area contributed by atoms with E-state index in [4.69, 9.17) is 9.84 Å². The maximum atomic E-state index is 12.6. The van der Waals surface area contributed by atoms with Crippen molar-refractivity contribution in [1.29, 1.82) is 0 Å². The maximum absolute atomic E-state index is 12.6. The second-order valence-electron chi connectivity index (χ2n) is 4.51. The molecule has 0 heterocycles. The number of hydrogen-bond donors (Lipinski definition) is 1. The Bertz CT molecular complexity index is 360. The van der Waals surface area contributed by atoms with Crippen molar-refractivity contribution in [1.82, 2.24) is 0 Å². The van der Waals surface area contributed by atoms with Crippen LogP contribution in [0.15, 0.2) is 24.3 Å². The molecule has 0 saturated heterocycles. The topological polar surface area (TPSA) is 29.5 Å². The first kappa shape index (κ1) is 15.7. The first-order valence-electron chi connectivity index (χ1n) is 6.42. The van der Waals surface area contributed by atoms with E-state index in [2.05, 4.69) is 0 Å². The van der Waals surface area contributed by atoms with Gasteiger partial charge in [0.15, 0.2) is 0 Å². The molecule has 0 spiro atoms. The van der Waals surface area contributed by atoms with E-state index in [-0.39, 0.29) is 25.2 Å². The lowest BCUT2D eigenvalue weighted by molar-refractivity contribution is -0.178. The molecule has 19 heavy (non-hydrogen) atoms. The zero-order valence-corrected chi connectivity index (χ0v) is 10.9. The highest BCUT2D eigenvalue weighted by Crippen LogP contribution is 2.33. The number of halogens is 3. The molecular formula is C14H19F3O2. The highest BCUT2D eigenvalue weighted by atomic mass is 19.4. The number of phenolic OH excluding ortho intramolecular Hbond substituents is 1. The smallest absolute Gasteiger partial charge is 0.391 e. The fraction of sp³-hybridized carbons (Fsp3) is 0.571. The van der Waals surface area contributed by atoms with Gasteiger partial charge >= 0.3 is 6.18 Å². The number of alkyl halides is 3. The molecule has 0 aliphatic rings. The summed E-state index contributed by atoms with van der Waals surface area (Å²) in [5.41, 5.74) is 0. The van der Waals surface area contributed by atoms with Crippen LogP contribution in [0.25, 0.3) is 0 Å². The molecule has 1 aromatic carbocycles. The fourth-order valence-electron chi connectivity index (χ4n) is 1.88. The van der Waals surface area contributed by atoms with Gasteiger partial charge in [0, 0.05) is 0 Å². The molecular weight excluding hydrogens is 257 g/mol. The molecule has 2 nitrogen and oxygen atoms in total. The van der Waals surface area contributed by atoms with Crippen LogP contribution in [0.1, 0.15) is 32.6 Å². The summed E-state index contributed by atoms with van der Waals surface area (Å²) < 4.78 is 43.2. The zero-order chi connectivity index (χ0) is 14.3. The van der Waals surface area contributed by atoms with Gasteiger partial charge in [0.1, 0.15) is 11.5 Å². The van der Waals surface area contributed by atoms with E-state index < -0.39 is 12.1 Å². The van der Waals surface area contributed by atoms with Crippen LogP contribution in [-0.4, -0.2) is 17.9 Å². The lowest BCUT2D eigenvalue weighted by Gasteiger charge is -2.19. The van der Waals surface area contributed by atoms with E-state index >= 15 is 0 Å². The van der Waals surface area contributed by atoms with Crippen molar-refractivity contribution in [2.24, 2.45) is 5.92 Å². The molecule has 1 N–H and O–H groups in total. The summed E-state index contributed by atoms with van der Waals surface area (Å²) in [6.45, 7) is 2.01. The zero-order valence-electron chi connectivity index (χ0n) is 10.9. The SMILES string of the molecule is CCCC(CCCOc1ccc(O)cc1)C(F)(F)F. The average Bonchev–Trinajstić information content (AvgIpc) is 2.34. The lowest BCUT2D eigenvalue weighted by atomic mass is 9.98. The van der Waals surface area contributed by atoms with Crippen molar-refractivity contribution in [3.63, 3.8) is 0 Å². The summed E-state index contributed by atoms with van der Waals surface area (Å²) in [5, 5.41) is 9.07. The molecule has 0 fully saturated rings. The van der Waals surface area contributed by atoms with Gasteiger partial charge in [-0.2, -0.15) is 13.2 Å². The maximum Gasteiger partial charge on any atom is 0.391 e. The summed E-state index contributed by atoms with van der Waals surface area (Å²) in [6.07, 6.45) is -2.96. The molecule has 0 bridgehead atoms. The molecule has 1 unspecified atom stereocenters. The standard InChI is InChI=1S/C14H19F3O2/c1-2-4-11(14(15,16)17)5-3-10-19-13-8-6-12(18)7-9-13/h6-9,11,18H,2-5,10H2,1H3. The highest BCUT2D eigenvalue weighted by Gasteiger charge is 2.37. The second-order valence-corrected chi connectivity index (χ2v) is 4.51. The third kappa shape index (κ3) is 5.85. The van der Waals surface area contributed by atoms with Crippen LogP contribution in [0.5, 0.6) is 11.5 Å². The summed E-state index contributed by atoms with van der Waals surface area (Å²) in [6, 6.07) is 6.13. The molecule has 0 radical (unpaired) electrons. The van der Waals surface area contributed by atoms with Gasteiger partial charge in [-0.1, -0.05) is 13.3 Å². The average molecular weight is 276 g/mol. The lowest BCUT2D eigenvalue weighted by Crippen LogP contribution is -2.23. The van der Waals surface area contributed by atoms with Crippen LogP contribution in [0.4, 0.5) is 13.2 Å². The monoisotopic (exact) mass is 276 g/mol. The Balaban J connectivity index is 2.30. The quantitative estimate of drug-likeness (QED) is 0.741. The van der Waals surface area contributed by atoms with Crippen molar-refractivity contribution in [2.75, 3.05) is 6.61 Å². The van der Waals surface area contributed by atoms with Crippen LogP contribution in [0.2, 0.25) is 0 Å². The second kappa shape index (κ2) is 7.26. The largest absolute Gasteiger partial charge is 0.508 e. The number of hydrogen-bond acceptors (Lipinski definition) is 2. The van der Waals surface area contributed by atoms with E-state index in [1.54, 1.807) is 19.1 Å². The third-order valence-corrected chi connectivity index (χ3v) is 2.90. The minimum absolute atomic E-state index is 0.0927. The predicted octanol–water partition coefficient (Wildman–Crippen LogP) is 4.53. The minimum Gasteiger partial charge on any atom is -0.508 e. The number of benzene rings is 1. The third-order valence-electron chi connectivity index (χ3n) is 2.90. The van der Waals surface area contributed by atoms with Gasteiger partial charge in [-0.3, -0.25) is 0 Å². The summed E-state index contributed by atoms with van der Waals surface area (Å²) in [4.78, 5) is 0. The Hall–Kier alpha value is -1.39. The fourth-order valence-corrected chi connectivity index (χ4v) is 1.88. The Morgan fingerprint density at radius 2 is 1.79 bits per heavy atom. The predicted molar refractivity (Wildman–Crippen MR) is 67.3 cm³/mol. The van der Waals surface area contributed by atoms with Crippen molar-refractivity contribution in [3.8, 4) is 11.5 Å². The number of aromatic hydroxyl groups is 1. The van der Waals surface area contributed by atoms with Gasteiger partial charge in [0.25, 0.3) is 0 Å². The molecule has 108 valence electrons. The molecule has 5 heteroatoms. The molecule has 0 saturated carbocycles. The Labute approximate surface area is 111 Å². The molecule has 0 aromatic heterocycles. The Morgan fingerprint density at radius 3 is 2.32 bits per heavy atom. The van der Waals surface area contributed by atoms with E-state index in [0.717, 1.165) is 0 Å². The molecule has 0 amide bonds. The van der Waals surface area contributed by atoms with E-state index in [1.807, 2.05) is 0 Å². The van der Waals surface area contributed by atoms with Crippen molar-refractivity contribution in [2.45, 2.75) is 38.8 Å². The van der Waals surface area contributed by atoms with Gasteiger partial charge in [-0.15, -0.1) is 0 Å². The summed E-state index contributed by atoms with van der Waals surface area (Å²) >= 11 is 0. The number of ether oxygens (including phenoxy) is 1. The van der Waals surface area contributed by atoms with Gasteiger partial charge in [-0.05, 0) is 43.5 Å². The van der Waals surface area contributed by atoms with Crippen LogP contribution in [0.3, 0.4) is 0 Å². The molecule has 0 aliphatic carbocycles. The van der Waals surface area contributed by atoms with Crippen molar-refractivity contribution < 1.29 is 23.0 Å². The first-order chi connectivity index (χ1) is 8.93. The van der Waals surface area contributed by atoms with E-state index in [9.17, 15) is 13.2 Å². The van der Waals surface area contributed by atoms with Gasteiger partial charge in [0.2, 0.25) is 0 Å². The van der Waals surface area contributed by atoms with E-state index in [1.165, 1.54) is 12.1 Å². The normalized spacial score (nSPS) is 13.3. The van der Waals surface area contributed by atoms with Crippen molar-refractivity contribution >= 4 is 0 Å². The van der Waals surface area contributed by atoms with Crippen molar-refractivity contribution in [3.05, 3.63) is 24.3 Å².